The summed E-state index contributed by atoms with van der Waals surface area (Å²) in [4.78, 5) is 43.7. The van der Waals surface area contributed by atoms with Crippen molar-refractivity contribution in [3.8, 4) is 5.75 Å². The van der Waals surface area contributed by atoms with E-state index in [-0.39, 0.29) is 42.7 Å². The number of fused-ring (bicyclic) bond motifs is 2. The summed E-state index contributed by atoms with van der Waals surface area (Å²) in [6.07, 6.45) is -0.180. The van der Waals surface area contributed by atoms with E-state index in [2.05, 4.69) is 11.4 Å². The van der Waals surface area contributed by atoms with E-state index >= 15 is 0 Å². The maximum Gasteiger partial charge on any atom is 0.331 e. The second-order valence-corrected chi connectivity index (χ2v) is 10.1. The van der Waals surface area contributed by atoms with Crippen molar-refractivity contribution < 1.29 is 19.5 Å². The topological polar surface area (TPSA) is 96.4 Å². The van der Waals surface area contributed by atoms with Crippen LogP contribution < -0.4 is 5.32 Å². The minimum Gasteiger partial charge on any atom is -0.508 e. The van der Waals surface area contributed by atoms with Gasteiger partial charge in [-0.1, -0.05) is 54.6 Å². The van der Waals surface area contributed by atoms with E-state index in [1.54, 1.807) is 46.2 Å². The standard InChI is InChI=1S/C29H33N5O4/c1-19(2)34(29(38)30-3)32-18-27(36)33-25(15-20-11-13-23(35)14-12-20)28(37)31(17-26(32)33)16-22-9-6-8-21-7-4-5-10-24(21)22/h4-14,19,25-26,35H,15-18H2,1-3H3,(H,30,38)/t25-,26+/m0/s1. The number of hydrazine groups is 1. The van der Waals surface area contributed by atoms with Crippen molar-refractivity contribution in [3.63, 3.8) is 0 Å². The predicted molar refractivity (Wildman–Crippen MR) is 144 cm³/mol. The molecule has 38 heavy (non-hydrogen) atoms. The molecule has 0 spiro atoms. The largest absolute Gasteiger partial charge is 0.508 e. The molecule has 4 amide bonds. The SMILES string of the molecule is CNC(=O)N(C(C)C)N1CC(=O)N2[C@@H](Cc3ccc(O)cc3)C(=O)N(Cc3cccc4ccccc34)C[C@@H]21. The fraction of sp³-hybridized carbons (Fsp3) is 0.345. The van der Waals surface area contributed by atoms with Gasteiger partial charge in [0, 0.05) is 26.1 Å². The minimum atomic E-state index is -0.732. The molecular formula is C29H33N5O4. The van der Waals surface area contributed by atoms with E-state index in [0.29, 0.717) is 13.0 Å². The number of nitrogens with one attached hydrogen (secondary N) is 1. The first-order chi connectivity index (χ1) is 18.3. The molecule has 0 aromatic heterocycles. The van der Waals surface area contributed by atoms with Gasteiger partial charge >= 0.3 is 6.03 Å². The zero-order chi connectivity index (χ0) is 27.0. The van der Waals surface area contributed by atoms with E-state index in [0.717, 1.165) is 21.9 Å². The highest BCUT2D eigenvalue weighted by molar-refractivity contribution is 5.92. The smallest absolute Gasteiger partial charge is 0.331 e. The summed E-state index contributed by atoms with van der Waals surface area (Å²) >= 11 is 0. The molecule has 2 fully saturated rings. The predicted octanol–water partition coefficient (Wildman–Crippen LogP) is 2.93. The van der Waals surface area contributed by atoms with Gasteiger partial charge in [0.25, 0.3) is 0 Å². The van der Waals surface area contributed by atoms with E-state index in [1.165, 1.54) is 0 Å². The fourth-order valence-corrected chi connectivity index (χ4v) is 5.62. The molecule has 0 saturated carbocycles. The zero-order valence-electron chi connectivity index (χ0n) is 21.9. The van der Waals surface area contributed by atoms with E-state index < -0.39 is 12.2 Å². The van der Waals surface area contributed by atoms with Crippen molar-refractivity contribution in [1.82, 2.24) is 25.1 Å². The second-order valence-electron chi connectivity index (χ2n) is 10.1. The number of hydrogen-bond donors (Lipinski definition) is 2. The monoisotopic (exact) mass is 515 g/mol. The third kappa shape index (κ3) is 4.65. The maximum absolute atomic E-state index is 14.0. The van der Waals surface area contributed by atoms with Crippen LogP contribution in [0.4, 0.5) is 4.79 Å². The number of amides is 4. The van der Waals surface area contributed by atoms with Crippen molar-refractivity contribution in [2.45, 2.75) is 45.1 Å². The van der Waals surface area contributed by atoms with Crippen LogP contribution in [0, 0.1) is 0 Å². The summed E-state index contributed by atoms with van der Waals surface area (Å²) in [5.41, 5.74) is 1.86. The minimum absolute atomic E-state index is 0.0116. The molecule has 2 aliphatic heterocycles. The summed E-state index contributed by atoms with van der Waals surface area (Å²) in [5, 5.41) is 18.0. The van der Waals surface area contributed by atoms with Gasteiger partial charge in [-0.2, -0.15) is 5.01 Å². The molecule has 2 atom stereocenters. The Balaban J connectivity index is 1.53. The Morgan fingerprint density at radius 1 is 1.05 bits per heavy atom. The third-order valence-corrected chi connectivity index (χ3v) is 7.36. The lowest BCUT2D eigenvalue weighted by molar-refractivity contribution is -0.158. The third-order valence-electron chi connectivity index (χ3n) is 7.36. The average molecular weight is 516 g/mol. The summed E-state index contributed by atoms with van der Waals surface area (Å²) in [6, 6.07) is 19.6. The van der Waals surface area contributed by atoms with Crippen LogP contribution in [0.3, 0.4) is 0 Å². The van der Waals surface area contributed by atoms with Crippen LogP contribution in [0.5, 0.6) is 5.75 Å². The normalized spacial score (nSPS) is 19.8. The molecule has 0 aliphatic carbocycles. The van der Waals surface area contributed by atoms with Crippen LogP contribution in [0.1, 0.15) is 25.0 Å². The molecule has 9 heteroatoms. The van der Waals surface area contributed by atoms with Gasteiger partial charge in [-0.05, 0) is 47.9 Å². The number of aromatic hydroxyl groups is 1. The molecule has 2 heterocycles. The van der Waals surface area contributed by atoms with Gasteiger partial charge in [-0.15, -0.1) is 0 Å². The summed E-state index contributed by atoms with van der Waals surface area (Å²) < 4.78 is 0. The van der Waals surface area contributed by atoms with Crippen LogP contribution in [0.25, 0.3) is 10.8 Å². The molecule has 2 aliphatic rings. The molecule has 2 saturated heterocycles. The van der Waals surface area contributed by atoms with Crippen LogP contribution >= 0.6 is 0 Å². The van der Waals surface area contributed by atoms with Gasteiger partial charge in [-0.3, -0.25) is 14.6 Å². The average Bonchev–Trinajstić information content (AvgIpc) is 3.22. The van der Waals surface area contributed by atoms with Gasteiger partial charge in [0.05, 0.1) is 13.1 Å². The van der Waals surface area contributed by atoms with Crippen molar-refractivity contribution in [1.29, 1.82) is 0 Å². The Hall–Kier alpha value is -4.11. The Labute approximate surface area is 222 Å². The van der Waals surface area contributed by atoms with E-state index in [1.807, 2.05) is 55.1 Å². The lowest BCUT2D eigenvalue weighted by atomic mass is 9.99. The quantitative estimate of drug-likeness (QED) is 0.526. The highest BCUT2D eigenvalue weighted by Gasteiger charge is 2.52. The number of piperazine rings is 1. The van der Waals surface area contributed by atoms with Crippen LogP contribution in [0.2, 0.25) is 0 Å². The first-order valence-electron chi connectivity index (χ1n) is 12.9. The Morgan fingerprint density at radius 2 is 1.76 bits per heavy atom. The summed E-state index contributed by atoms with van der Waals surface area (Å²) in [7, 11) is 1.57. The van der Waals surface area contributed by atoms with Crippen LogP contribution in [-0.4, -0.2) is 81.2 Å². The number of urea groups is 1. The molecule has 5 rings (SSSR count). The molecule has 0 radical (unpaired) electrons. The van der Waals surface area contributed by atoms with Crippen molar-refractivity contribution in [2.24, 2.45) is 0 Å². The molecular weight excluding hydrogens is 482 g/mol. The Morgan fingerprint density at radius 3 is 2.47 bits per heavy atom. The highest BCUT2D eigenvalue weighted by atomic mass is 16.3. The number of carbonyl (C=O) groups is 3. The van der Waals surface area contributed by atoms with E-state index in [4.69, 9.17) is 0 Å². The van der Waals surface area contributed by atoms with Gasteiger partial charge in [0.1, 0.15) is 18.0 Å². The Bertz CT molecular complexity index is 1350. The molecule has 9 nitrogen and oxygen atoms in total. The molecule has 198 valence electrons. The zero-order valence-corrected chi connectivity index (χ0v) is 21.9. The number of phenolic OH excluding ortho intramolecular Hbond substituents is 1. The number of rotatable bonds is 6. The molecule has 0 unspecified atom stereocenters. The molecule has 2 N–H and O–H groups in total. The van der Waals surface area contributed by atoms with Gasteiger partial charge in [0.2, 0.25) is 11.8 Å². The van der Waals surface area contributed by atoms with Crippen LogP contribution in [0.15, 0.2) is 66.7 Å². The molecule has 3 aromatic carbocycles. The lowest BCUT2D eigenvalue weighted by Gasteiger charge is -2.47. The van der Waals surface area contributed by atoms with Crippen molar-refractivity contribution >= 4 is 28.6 Å². The molecule has 0 bridgehead atoms. The number of phenols is 1. The van der Waals surface area contributed by atoms with Gasteiger partial charge in [-0.25, -0.2) is 4.79 Å². The fourth-order valence-electron chi connectivity index (χ4n) is 5.62. The van der Waals surface area contributed by atoms with E-state index in [9.17, 15) is 19.5 Å². The molecule has 3 aromatic rings. The number of nitrogens with zero attached hydrogens (tertiary/aromatic N) is 4. The number of hydrogen-bond acceptors (Lipinski definition) is 5. The highest BCUT2D eigenvalue weighted by Crippen LogP contribution is 2.32. The lowest BCUT2D eigenvalue weighted by Crippen LogP contribution is -2.66. The van der Waals surface area contributed by atoms with Crippen molar-refractivity contribution in [3.05, 3.63) is 77.9 Å². The van der Waals surface area contributed by atoms with Crippen molar-refractivity contribution in [2.75, 3.05) is 20.1 Å². The first kappa shape index (κ1) is 25.5. The van der Waals surface area contributed by atoms with Gasteiger partial charge in [0.15, 0.2) is 0 Å². The number of carbonyl (C=O) groups excluding carboxylic acids is 3. The maximum atomic E-state index is 14.0. The number of benzene rings is 3. The summed E-state index contributed by atoms with van der Waals surface area (Å²) in [5.74, 6) is -0.180. The second kappa shape index (κ2) is 10.3. The van der Waals surface area contributed by atoms with Gasteiger partial charge < -0.3 is 20.2 Å². The van der Waals surface area contributed by atoms with Crippen LogP contribution in [-0.2, 0) is 22.6 Å². The summed E-state index contributed by atoms with van der Waals surface area (Å²) in [6.45, 7) is 4.48. The first-order valence-corrected chi connectivity index (χ1v) is 12.9. The Kier molecular flexibility index (Phi) is 6.94.